The van der Waals surface area contributed by atoms with Crippen molar-refractivity contribution in [2.75, 3.05) is 24.6 Å². The van der Waals surface area contributed by atoms with Crippen molar-refractivity contribution < 1.29 is 9.84 Å². The first kappa shape index (κ1) is 25.5. The molecule has 0 spiro atoms. The second kappa shape index (κ2) is 10.2. The minimum Gasteiger partial charge on any atom is -0.388 e. The van der Waals surface area contributed by atoms with Crippen LogP contribution in [0.4, 0.5) is 16.4 Å². The normalized spacial score (nSPS) is 12.1. The number of azo groups is 1. The smallest absolute Gasteiger partial charge is 0.158 e. The molecule has 1 heterocycles. The molecule has 32 heavy (non-hydrogen) atoms. The molecule has 0 atom stereocenters. The first-order valence-electron chi connectivity index (χ1n) is 10.5. The van der Waals surface area contributed by atoms with E-state index in [0.717, 1.165) is 17.8 Å². The SMILES string of the molecule is CCN(CC(C)(C)OCC(C)(C)O)c1ccc(N=Nc2sc(C#N)c(C)c2C#N)c(C)c1. The van der Waals surface area contributed by atoms with Crippen LogP contribution in [0.5, 0.6) is 0 Å². The molecule has 1 aromatic carbocycles. The van der Waals surface area contributed by atoms with Gasteiger partial charge in [-0.1, -0.05) is 0 Å². The third kappa shape index (κ3) is 6.61. The third-order valence-electron chi connectivity index (χ3n) is 4.91. The van der Waals surface area contributed by atoms with Crippen molar-refractivity contribution in [2.24, 2.45) is 10.2 Å². The van der Waals surface area contributed by atoms with Gasteiger partial charge >= 0.3 is 0 Å². The highest BCUT2D eigenvalue weighted by Gasteiger charge is 2.26. The van der Waals surface area contributed by atoms with Gasteiger partial charge in [0, 0.05) is 18.8 Å². The standard InChI is InChI=1S/C24H31N5O2S/c1-8-29(14-24(6,7)31-15-23(4,5)30)18-9-10-20(16(2)11-18)27-28-22-19(12-25)17(3)21(13-26)32-22/h9-11,30H,8,14-15H2,1-7H3. The van der Waals surface area contributed by atoms with Gasteiger partial charge in [-0.05, 0) is 77.8 Å². The molecule has 1 N–H and O–H groups in total. The highest BCUT2D eigenvalue weighted by atomic mass is 32.1. The summed E-state index contributed by atoms with van der Waals surface area (Å²) in [6.45, 7) is 15.0. The van der Waals surface area contributed by atoms with Gasteiger partial charge in [0.25, 0.3) is 0 Å². The number of hydrogen-bond acceptors (Lipinski definition) is 8. The first-order chi connectivity index (χ1) is 14.9. The largest absolute Gasteiger partial charge is 0.388 e. The third-order valence-corrected chi connectivity index (χ3v) is 5.99. The molecule has 0 bridgehead atoms. The highest BCUT2D eigenvalue weighted by Crippen LogP contribution is 2.36. The Hall–Kier alpha value is -2.78. The van der Waals surface area contributed by atoms with Crippen LogP contribution < -0.4 is 4.90 Å². The first-order valence-corrected chi connectivity index (χ1v) is 11.3. The molecule has 0 aliphatic rings. The number of anilines is 1. The number of ether oxygens (including phenoxy) is 1. The second-order valence-electron chi connectivity index (χ2n) is 9.01. The zero-order valence-electron chi connectivity index (χ0n) is 19.9. The van der Waals surface area contributed by atoms with E-state index in [9.17, 15) is 15.6 Å². The van der Waals surface area contributed by atoms with Crippen LogP contribution in [0.3, 0.4) is 0 Å². The van der Waals surface area contributed by atoms with Crippen molar-refractivity contribution in [2.45, 2.75) is 59.7 Å². The van der Waals surface area contributed by atoms with Crippen LogP contribution >= 0.6 is 11.3 Å². The number of hydrogen-bond donors (Lipinski definition) is 1. The summed E-state index contributed by atoms with van der Waals surface area (Å²) in [7, 11) is 0. The average Bonchev–Trinajstić information content (AvgIpc) is 3.03. The molecule has 7 nitrogen and oxygen atoms in total. The van der Waals surface area contributed by atoms with Crippen molar-refractivity contribution in [3.05, 3.63) is 39.8 Å². The Morgan fingerprint density at radius 1 is 1.12 bits per heavy atom. The maximum Gasteiger partial charge on any atom is 0.158 e. The van der Waals surface area contributed by atoms with Crippen LogP contribution in [0.2, 0.25) is 0 Å². The number of thiophene rings is 1. The van der Waals surface area contributed by atoms with Gasteiger partial charge in [-0.15, -0.1) is 21.6 Å². The predicted molar refractivity (Wildman–Crippen MR) is 128 cm³/mol. The van der Waals surface area contributed by atoms with E-state index in [1.54, 1.807) is 20.8 Å². The number of rotatable bonds is 9. The molecule has 0 saturated carbocycles. The summed E-state index contributed by atoms with van der Waals surface area (Å²) in [6.07, 6.45) is 0. The number of nitriles is 2. The van der Waals surface area contributed by atoms with Crippen LogP contribution in [0.15, 0.2) is 28.4 Å². The van der Waals surface area contributed by atoms with E-state index in [-0.39, 0.29) is 6.61 Å². The van der Waals surface area contributed by atoms with Crippen LogP contribution in [0, 0.1) is 36.5 Å². The van der Waals surface area contributed by atoms with Crippen molar-refractivity contribution in [1.82, 2.24) is 0 Å². The second-order valence-corrected chi connectivity index (χ2v) is 10.0. The number of aryl methyl sites for hydroxylation is 1. The average molecular weight is 454 g/mol. The summed E-state index contributed by atoms with van der Waals surface area (Å²) >= 11 is 1.18. The summed E-state index contributed by atoms with van der Waals surface area (Å²) in [6, 6.07) is 10.2. The van der Waals surface area contributed by atoms with E-state index in [1.807, 2.05) is 32.9 Å². The molecule has 0 unspecified atom stereocenters. The van der Waals surface area contributed by atoms with E-state index < -0.39 is 11.2 Å². The zero-order valence-corrected chi connectivity index (χ0v) is 20.7. The molecular weight excluding hydrogens is 422 g/mol. The monoisotopic (exact) mass is 453 g/mol. The van der Waals surface area contributed by atoms with Gasteiger partial charge in [0.1, 0.15) is 17.0 Å². The van der Waals surface area contributed by atoms with Crippen LogP contribution in [0.1, 0.15) is 56.2 Å². The summed E-state index contributed by atoms with van der Waals surface area (Å²) in [5.74, 6) is 0. The van der Waals surface area contributed by atoms with Gasteiger partial charge in [0.05, 0.1) is 29.1 Å². The van der Waals surface area contributed by atoms with Crippen LogP contribution in [0.25, 0.3) is 0 Å². The molecule has 2 aromatic rings. The predicted octanol–water partition coefficient (Wildman–Crippen LogP) is 5.92. The van der Waals surface area contributed by atoms with E-state index in [2.05, 4.69) is 40.3 Å². The topological polar surface area (TPSA) is 105 Å². The minimum absolute atomic E-state index is 0.260. The summed E-state index contributed by atoms with van der Waals surface area (Å²) < 4.78 is 5.96. The fourth-order valence-electron chi connectivity index (χ4n) is 3.12. The number of benzene rings is 1. The lowest BCUT2D eigenvalue weighted by atomic mass is 10.1. The maximum absolute atomic E-state index is 9.96. The van der Waals surface area contributed by atoms with Crippen LogP contribution in [-0.4, -0.2) is 36.0 Å². The Balaban J connectivity index is 2.21. The maximum atomic E-state index is 9.96. The van der Waals surface area contributed by atoms with Crippen LogP contribution in [-0.2, 0) is 4.74 Å². The van der Waals surface area contributed by atoms with Crippen molar-refractivity contribution in [3.63, 3.8) is 0 Å². The van der Waals surface area contributed by atoms with Crippen molar-refractivity contribution >= 4 is 27.7 Å². The molecule has 0 fully saturated rings. The Morgan fingerprint density at radius 2 is 1.81 bits per heavy atom. The van der Waals surface area contributed by atoms with E-state index in [1.165, 1.54) is 11.3 Å². The fraction of sp³-hybridized carbons (Fsp3) is 0.500. The zero-order chi connectivity index (χ0) is 24.1. The Bertz CT molecular complexity index is 1070. The van der Waals surface area contributed by atoms with Crippen molar-refractivity contribution in [3.8, 4) is 12.1 Å². The van der Waals surface area contributed by atoms with E-state index in [4.69, 9.17) is 4.74 Å². The van der Waals surface area contributed by atoms with Crippen molar-refractivity contribution in [1.29, 1.82) is 10.5 Å². The quantitative estimate of drug-likeness (QED) is 0.475. The molecule has 0 aliphatic carbocycles. The molecule has 2 rings (SSSR count). The lowest BCUT2D eigenvalue weighted by Crippen LogP contribution is -2.43. The Labute approximate surface area is 194 Å². The molecule has 1 aromatic heterocycles. The van der Waals surface area contributed by atoms with E-state index >= 15 is 0 Å². The van der Waals surface area contributed by atoms with Gasteiger partial charge in [-0.2, -0.15) is 10.5 Å². The van der Waals surface area contributed by atoms with Gasteiger partial charge in [-0.25, -0.2) is 0 Å². The molecule has 0 aliphatic heterocycles. The lowest BCUT2D eigenvalue weighted by Gasteiger charge is -2.35. The Kier molecular flexibility index (Phi) is 8.14. The van der Waals surface area contributed by atoms with E-state index in [0.29, 0.717) is 33.2 Å². The molecule has 0 radical (unpaired) electrons. The number of aliphatic hydroxyl groups is 1. The Morgan fingerprint density at radius 3 is 2.34 bits per heavy atom. The fourth-order valence-corrected chi connectivity index (χ4v) is 3.99. The molecule has 0 saturated heterocycles. The highest BCUT2D eigenvalue weighted by molar-refractivity contribution is 7.16. The summed E-state index contributed by atoms with van der Waals surface area (Å²) in [5.41, 5.74) is 2.43. The van der Waals surface area contributed by atoms with Gasteiger partial charge < -0.3 is 14.7 Å². The minimum atomic E-state index is -0.877. The van der Waals surface area contributed by atoms with Gasteiger partial charge in [0.15, 0.2) is 5.00 Å². The number of nitrogens with zero attached hydrogens (tertiary/aromatic N) is 5. The van der Waals surface area contributed by atoms with Gasteiger partial charge in [-0.3, -0.25) is 0 Å². The molecule has 170 valence electrons. The molecule has 8 heteroatoms. The molecular formula is C24H31N5O2S. The van der Waals surface area contributed by atoms with Gasteiger partial charge in [0.2, 0.25) is 0 Å². The lowest BCUT2D eigenvalue weighted by molar-refractivity contribution is -0.0870. The number of likely N-dealkylation sites (N-methyl/N-ethyl adjacent to an activating group) is 1. The summed E-state index contributed by atoms with van der Waals surface area (Å²) in [5, 5.41) is 37.6. The summed E-state index contributed by atoms with van der Waals surface area (Å²) in [4.78, 5) is 2.70. The molecule has 0 amide bonds.